The number of primary amides is 1. The molecular weight excluding hydrogens is 1360 g/mol. The third-order valence-electron chi connectivity index (χ3n) is 17.9. The maximum absolute atomic E-state index is 14.8. The summed E-state index contributed by atoms with van der Waals surface area (Å²) in [6, 6.07) is 10.9. The monoisotopic (exact) mass is 1480 g/mol. The van der Waals surface area contributed by atoms with Crippen molar-refractivity contribution in [2.45, 2.75) is 174 Å². The molecule has 584 valence electrons. The molecule has 1 aliphatic heterocycles. The number of likely N-dealkylation sites (N-methyl/N-ethyl adjacent to an activating group) is 1. The number of thiazole rings is 1. The van der Waals surface area contributed by atoms with E-state index in [1.54, 1.807) is 82.1 Å². The number of hydrogen-bond acceptors (Lipinski definition) is 21. The topological polar surface area (TPSA) is 392 Å². The fourth-order valence-corrected chi connectivity index (χ4v) is 12.5. The van der Waals surface area contributed by atoms with Crippen LogP contribution in [-0.4, -0.2) is 236 Å². The summed E-state index contributed by atoms with van der Waals surface area (Å²) in [5.41, 5.74) is 10.9. The van der Waals surface area contributed by atoms with Gasteiger partial charge in [0.05, 0.1) is 122 Å². The molecule has 0 bridgehead atoms. The Kier molecular flexibility index (Phi) is 41.6. The Morgan fingerprint density at radius 2 is 1.31 bits per heavy atom. The Balaban J connectivity index is 1.27. The number of anilines is 1. The van der Waals surface area contributed by atoms with Crippen molar-refractivity contribution in [3.8, 4) is 0 Å². The third-order valence-corrected chi connectivity index (χ3v) is 18.8. The molecule has 1 saturated heterocycles. The van der Waals surface area contributed by atoms with Crippen molar-refractivity contribution in [3.05, 3.63) is 82.3 Å². The summed E-state index contributed by atoms with van der Waals surface area (Å²) in [6.07, 6.45) is 2.09. The number of nitrogens with one attached hydrogen (secondary N) is 7. The number of alkyl carbamates (subject to hydrolysis) is 1. The van der Waals surface area contributed by atoms with Crippen LogP contribution >= 0.6 is 11.3 Å². The fraction of sp³-hybridized carbons (Fsp3) is 0.671. The number of likely N-dealkylation sites (tertiary alicyclic amines) is 1. The Hall–Kier alpha value is -7.46. The van der Waals surface area contributed by atoms with Gasteiger partial charge in [0.15, 0.2) is 0 Å². The van der Waals surface area contributed by atoms with Crippen LogP contribution in [0.3, 0.4) is 0 Å². The van der Waals surface area contributed by atoms with Crippen LogP contribution < -0.4 is 48.7 Å². The van der Waals surface area contributed by atoms with Crippen LogP contribution in [0.2, 0.25) is 0 Å². The Labute approximate surface area is 617 Å². The van der Waals surface area contributed by atoms with Gasteiger partial charge in [-0.3, -0.25) is 33.6 Å². The van der Waals surface area contributed by atoms with Gasteiger partial charge in [0, 0.05) is 64.6 Å². The van der Waals surface area contributed by atoms with Gasteiger partial charge in [0.2, 0.25) is 41.4 Å². The normalized spacial score (nSPS) is 15.7. The minimum atomic E-state index is -1.59. The number of aromatic nitrogens is 1. The number of carbonyl (C=O) groups is 9. The Bertz CT molecular complexity index is 3030. The summed E-state index contributed by atoms with van der Waals surface area (Å²) in [5.74, 6) is -4.78. The molecule has 0 radical (unpaired) electrons. The predicted octanol–water partition coefficient (Wildman–Crippen LogP) is 4.77. The number of urea groups is 1. The van der Waals surface area contributed by atoms with Gasteiger partial charge in [0.1, 0.15) is 35.3 Å². The molecule has 2 aromatic carbocycles. The highest BCUT2D eigenvalue weighted by Crippen LogP contribution is 2.31. The Morgan fingerprint density at radius 3 is 1.85 bits per heavy atom. The van der Waals surface area contributed by atoms with Gasteiger partial charge in [-0.15, -0.1) is 11.3 Å². The molecule has 2 heterocycles. The summed E-state index contributed by atoms with van der Waals surface area (Å²) in [7, 11) is 4.70. The van der Waals surface area contributed by atoms with E-state index in [0.717, 1.165) is 10.6 Å². The lowest BCUT2D eigenvalue weighted by Gasteiger charge is -2.41. The molecule has 31 heteroatoms. The van der Waals surface area contributed by atoms with E-state index in [-0.39, 0.29) is 88.3 Å². The van der Waals surface area contributed by atoms with Gasteiger partial charge >= 0.3 is 12.1 Å². The van der Waals surface area contributed by atoms with E-state index < -0.39 is 101 Å². The number of carbonyl (C=O) groups excluding carboxylic acids is 9. The molecule has 30 nitrogen and oxygen atoms in total. The van der Waals surface area contributed by atoms with Crippen LogP contribution in [-0.2, 0) is 89.2 Å². The lowest BCUT2D eigenvalue weighted by molar-refractivity contribution is -0.148. The van der Waals surface area contributed by atoms with Crippen molar-refractivity contribution in [3.63, 3.8) is 0 Å². The molecular formula is C73H118N12O18S. The first-order chi connectivity index (χ1) is 49.8. The number of ether oxygens (including phenoxy) is 9. The maximum atomic E-state index is 14.8. The number of rotatable bonds is 52. The lowest BCUT2D eigenvalue weighted by atomic mass is 9.89. The molecule has 0 aliphatic carbocycles. The molecule has 1 unspecified atom stereocenters. The predicted molar refractivity (Wildman–Crippen MR) is 393 cm³/mol. The van der Waals surface area contributed by atoms with Gasteiger partial charge in [-0.2, -0.15) is 0 Å². The first kappa shape index (κ1) is 88.9. The quantitative estimate of drug-likeness (QED) is 0.0344. The van der Waals surface area contributed by atoms with Crippen LogP contribution in [0.1, 0.15) is 129 Å². The second-order valence-corrected chi connectivity index (χ2v) is 27.8. The molecule has 1 fully saturated rings. The van der Waals surface area contributed by atoms with Crippen LogP contribution in [0, 0.1) is 23.7 Å². The minimum absolute atomic E-state index is 0.0422. The summed E-state index contributed by atoms with van der Waals surface area (Å²) in [4.78, 5) is 131. The van der Waals surface area contributed by atoms with E-state index in [9.17, 15) is 43.2 Å². The molecule has 3 aromatic rings. The zero-order valence-electron chi connectivity index (χ0n) is 63.0. The van der Waals surface area contributed by atoms with E-state index in [0.29, 0.717) is 109 Å². The highest BCUT2D eigenvalue weighted by Gasteiger charge is 2.44. The summed E-state index contributed by atoms with van der Waals surface area (Å²) in [5, 5.41) is 22.1. The highest BCUT2D eigenvalue weighted by molar-refractivity contribution is 7.09. The third kappa shape index (κ3) is 31.7. The lowest BCUT2D eigenvalue weighted by Crippen LogP contribution is -2.62. The molecule has 10 amide bonds. The number of hydrogen-bond donors (Lipinski definition) is 9. The largest absolute Gasteiger partial charge is 0.445 e. The van der Waals surface area contributed by atoms with Gasteiger partial charge in [-0.05, 0) is 87.0 Å². The smallest absolute Gasteiger partial charge is 0.408 e. The van der Waals surface area contributed by atoms with Crippen molar-refractivity contribution < 1.29 is 85.8 Å². The SMILES string of the molecule is CC[C@H](C)[C@@H](C(CC(=O)N1CCC[C@H]1[C@H](OC)[C@@H](C)C(=O)N[C@@H](Cc1ccccc1)c1nccs1)OC)N(C)C(=O)[C@@H](NC(=O)C(C)(C)NC(=O)OCc1ccc(NC(=O)[C@H](CCCNC(N)=O)NC(=O)[C@@H](NC(=O)CCOCCOCCOCCOCCOCCOCCN)C(C)C)cc1)C(C)C. The number of amides is 10. The van der Waals surface area contributed by atoms with E-state index in [1.165, 1.54) is 32.3 Å². The molecule has 4 rings (SSSR count). The fourth-order valence-electron chi connectivity index (χ4n) is 11.8. The molecule has 1 aromatic heterocycles. The highest BCUT2D eigenvalue weighted by atomic mass is 32.1. The van der Waals surface area contributed by atoms with E-state index in [1.807, 2.05) is 56.5 Å². The standard InChI is InChI=1S/C73H118N12O18S/c1-13-50(6)63(58(95-11)46-60(87)85-31-18-22-57(85)64(96-12)51(7)65(88)80-56(68-76-30-44-104-68)45-52-19-15-14-16-20-52)84(10)69(91)62(49(4)5)82-70(92)73(8,9)83-72(94)103-47-53-23-25-54(26-24-53)78-66(89)55(21-17-29-77-71(75)93)79-67(90)61(48(2)3)81-59(86)27-32-97-34-36-99-38-40-101-42-43-102-41-39-100-37-35-98-33-28-74/h14-16,19-20,23-26,30,44,48-51,55-58,61-64H,13,17-18,21-22,27-29,31-43,45-47,74H2,1-12H3,(H,78,89)(H,79,90)(H,80,88)(H,81,86)(H,82,92)(H,83,94)(H3,75,77,93)/t50-,51+,55-,56-,57-,58?,61-,62-,63-,64+/m0/s1. The van der Waals surface area contributed by atoms with Gasteiger partial charge in [-0.25, -0.2) is 14.6 Å². The zero-order chi connectivity index (χ0) is 76.6. The molecule has 104 heavy (non-hydrogen) atoms. The average molecular weight is 1480 g/mol. The van der Waals surface area contributed by atoms with Crippen LogP contribution in [0.5, 0.6) is 0 Å². The number of nitrogens with zero attached hydrogens (tertiary/aromatic N) is 3. The maximum Gasteiger partial charge on any atom is 0.408 e. The molecule has 0 saturated carbocycles. The van der Waals surface area contributed by atoms with E-state index in [4.69, 9.17) is 54.1 Å². The zero-order valence-corrected chi connectivity index (χ0v) is 63.8. The van der Waals surface area contributed by atoms with Crippen molar-refractivity contribution >= 4 is 70.5 Å². The Morgan fingerprint density at radius 1 is 0.712 bits per heavy atom. The molecule has 11 N–H and O–H groups in total. The van der Waals surface area contributed by atoms with E-state index in [2.05, 4.69) is 42.2 Å². The van der Waals surface area contributed by atoms with Crippen molar-refractivity contribution in [1.82, 2.24) is 46.7 Å². The molecule has 10 atom stereocenters. The average Bonchev–Trinajstić information content (AvgIpc) is 1.31. The first-order valence-corrected chi connectivity index (χ1v) is 37.0. The summed E-state index contributed by atoms with van der Waals surface area (Å²) in [6.45, 7) is 21.1. The van der Waals surface area contributed by atoms with Crippen molar-refractivity contribution in [2.75, 3.05) is 126 Å². The van der Waals surface area contributed by atoms with Crippen LogP contribution in [0.4, 0.5) is 15.3 Å². The van der Waals surface area contributed by atoms with Gasteiger partial charge in [-0.1, -0.05) is 97.4 Å². The van der Waals surface area contributed by atoms with Gasteiger partial charge in [0.25, 0.3) is 0 Å². The summed E-state index contributed by atoms with van der Waals surface area (Å²) < 4.78 is 50.4. The van der Waals surface area contributed by atoms with Crippen molar-refractivity contribution in [1.29, 1.82) is 0 Å². The number of nitrogens with two attached hydrogens (primary N) is 2. The first-order valence-electron chi connectivity index (χ1n) is 36.1. The molecule has 0 spiro atoms. The minimum Gasteiger partial charge on any atom is -0.445 e. The second kappa shape index (κ2) is 48.6. The van der Waals surface area contributed by atoms with Crippen LogP contribution in [0.25, 0.3) is 0 Å². The second-order valence-electron chi connectivity index (χ2n) is 26.9. The molecule has 1 aliphatic rings. The van der Waals surface area contributed by atoms with E-state index >= 15 is 0 Å². The van der Waals surface area contributed by atoms with Crippen molar-refractivity contribution in [2.24, 2.45) is 35.1 Å². The summed E-state index contributed by atoms with van der Waals surface area (Å²) >= 11 is 1.47. The van der Waals surface area contributed by atoms with Crippen LogP contribution in [0.15, 0.2) is 66.2 Å². The van der Waals surface area contributed by atoms with Gasteiger partial charge < -0.3 is 101 Å². The number of benzene rings is 2. The number of methoxy groups -OCH3 is 2.